The standard InChI is InChI=1S/C19H12N8/c20-9-12-1-5-14(6-2-12)24-18-16-17(23-11-22-16)26-19(27-18)25-15-7-3-13(10-21)4-8-15/h1-8,11H,(H3,22,23,24,25,26,27). The SMILES string of the molecule is N#Cc1ccc(Nc2nc(Nc3ccc(C#N)cc3)c3[nH]cnc3n2)cc1. The van der Waals surface area contributed by atoms with Gasteiger partial charge in [0.2, 0.25) is 5.95 Å². The molecule has 0 aliphatic carbocycles. The van der Waals surface area contributed by atoms with Crippen molar-refractivity contribution in [2.45, 2.75) is 0 Å². The molecule has 0 amide bonds. The van der Waals surface area contributed by atoms with Gasteiger partial charge in [0, 0.05) is 11.4 Å². The molecule has 0 unspecified atom stereocenters. The molecule has 0 aliphatic heterocycles. The van der Waals surface area contributed by atoms with E-state index < -0.39 is 0 Å². The van der Waals surface area contributed by atoms with Gasteiger partial charge in [-0.1, -0.05) is 0 Å². The molecule has 0 radical (unpaired) electrons. The molecule has 2 heterocycles. The normalized spacial score (nSPS) is 10.1. The summed E-state index contributed by atoms with van der Waals surface area (Å²) >= 11 is 0. The van der Waals surface area contributed by atoms with E-state index in [0.717, 1.165) is 11.4 Å². The monoisotopic (exact) mass is 352 g/mol. The fourth-order valence-electron chi connectivity index (χ4n) is 2.50. The third-order valence-electron chi connectivity index (χ3n) is 3.83. The van der Waals surface area contributed by atoms with E-state index in [1.165, 1.54) is 0 Å². The minimum atomic E-state index is 0.371. The molecule has 0 aliphatic rings. The molecular formula is C19H12N8. The Morgan fingerprint density at radius 2 is 1.37 bits per heavy atom. The summed E-state index contributed by atoms with van der Waals surface area (Å²) in [5, 5.41) is 24.1. The Balaban J connectivity index is 1.66. The van der Waals surface area contributed by atoms with Gasteiger partial charge in [0.1, 0.15) is 5.52 Å². The first-order valence-electron chi connectivity index (χ1n) is 8.00. The predicted octanol–water partition coefficient (Wildman–Crippen LogP) is 3.58. The van der Waals surface area contributed by atoms with E-state index in [1.807, 2.05) is 0 Å². The summed E-state index contributed by atoms with van der Waals surface area (Å²) in [6.45, 7) is 0. The van der Waals surface area contributed by atoms with Crippen LogP contribution in [0.5, 0.6) is 0 Å². The van der Waals surface area contributed by atoms with Gasteiger partial charge in [-0.2, -0.15) is 20.5 Å². The molecule has 0 bridgehead atoms. The van der Waals surface area contributed by atoms with Crippen LogP contribution in [-0.2, 0) is 0 Å². The van der Waals surface area contributed by atoms with E-state index in [-0.39, 0.29) is 0 Å². The number of nitriles is 2. The van der Waals surface area contributed by atoms with Gasteiger partial charge < -0.3 is 15.6 Å². The summed E-state index contributed by atoms with van der Waals surface area (Å²) in [5.41, 5.74) is 3.88. The first-order chi connectivity index (χ1) is 13.2. The Morgan fingerprint density at radius 3 is 1.96 bits per heavy atom. The Labute approximate surface area is 154 Å². The highest BCUT2D eigenvalue weighted by Gasteiger charge is 2.11. The number of nitrogens with zero attached hydrogens (tertiary/aromatic N) is 5. The van der Waals surface area contributed by atoms with E-state index in [1.54, 1.807) is 54.9 Å². The van der Waals surface area contributed by atoms with Crippen molar-refractivity contribution < 1.29 is 0 Å². The molecule has 0 spiro atoms. The van der Waals surface area contributed by atoms with Crippen LogP contribution in [0.2, 0.25) is 0 Å². The molecule has 4 rings (SSSR count). The molecule has 128 valence electrons. The van der Waals surface area contributed by atoms with Crippen molar-refractivity contribution in [3.05, 3.63) is 66.0 Å². The quantitative estimate of drug-likeness (QED) is 0.512. The number of aromatic amines is 1. The Hall–Kier alpha value is -4.43. The van der Waals surface area contributed by atoms with Crippen LogP contribution >= 0.6 is 0 Å². The lowest BCUT2D eigenvalue weighted by atomic mass is 10.2. The predicted molar refractivity (Wildman–Crippen MR) is 101 cm³/mol. The zero-order valence-corrected chi connectivity index (χ0v) is 13.9. The number of aromatic nitrogens is 4. The van der Waals surface area contributed by atoms with Gasteiger partial charge in [-0.15, -0.1) is 0 Å². The molecule has 0 saturated heterocycles. The number of H-pyrrole nitrogens is 1. The van der Waals surface area contributed by atoms with Gasteiger partial charge >= 0.3 is 0 Å². The second-order valence-electron chi connectivity index (χ2n) is 5.63. The van der Waals surface area contributed by atoms with Gasteiger partial charge in [-0.25, -0.2) is 4.98 Å². The number of nitrogens with one attached hydrogen (secondary N) is 3. The van der Waals surface area contributed by atoms with Crippen molar-refractivity contribution in [1.29, 1.82) is 10.5 Å². The van der Waals surface area contributed by atoms with E-state index in [0.29, 0.717) is 34.1 Å². The zero-order valence-electron chi connectivity index (χ0n) is 13.9. The van der Waals surface area contributed by atoms with Crippen molar-refractivity contribution in [1.82, 2.24) is 19.9 Å². The number of hydrogen-bond donors (Lipinski definition) is 3. The van der Waals surface area contributed by atoms with Gasteiger partial charge in [0.05, 0.1) is 29.6 Å². The van der Waals surface area contributed by atoms with E-state index in [9.17, 15) is 0 Å². The third-order valence-corrected chi connectivity index (χ3v) is 3.83. The average molecular weight is 352 g/mol. The van der Waals surface area contributed by atoms with Crippen molar-refractivity contribution >= 4 is 34.3 Å². The largest absolute Gasteiger partial charge is 0.340 e. The summed E-state index contributed by atoms with van der Waals surface area (Å²) in [4.78, 5) is 16.1. The smallest absolute Gasteiger partial charge is 0.231 e. The first kappa shape index (κ1) is 16.1. The summed E-state index contributed by atoms with van der Waals surface area (Å²) in [6, 6.07) is 18.2. The van der Waals surface area contributed by atoms with Crippen LogP contribution in [0.1, 0.15) is 11.1 Å². The minimum Gasteiger partial charge on any atom is -0.340 e. The lowest BCUT2D eigenvalue weighted by molar-refractivity contribution is 1.19. The number of rotatable bonds is 4. The van der Waals surface area contributed by atoms with Gasteiger partial charge in [-0.05, 0) is 48.5 Å². The highest BCUT2D eigenvalue weighted by atomic mass is 15.2. The number of hydrogen-bond acceptors (Lipinski definition) is 7. The van der Waals surface area contributed by atoms with Crippen molar-refractivity contribution in [3.63, 3.8) is 0 Å². The second kappa shape index (κ2) is 6.82. The highest BCUT2D eigenvalue weighted by molar-refractivity contribution is 5.86. The minimum absolute atomic E-state index is 0.371. The van der Waals surface area contributed by atoms with Crippen LogP contribution in [-0.4, -0.2) is 19.9 Å². The Bertz CT molecular complexity index is 1180. The van der Waals surface area contributed by atoms with Gasteiger partial charge in [0.25, 0.3) is 0 Å². The Morgan fingerprint density at radius 1 is 0.778 bits per heavy atom. The van der Waals surface area contributed by atoms with Crippen molar-refractivity contribution in [3.8, 4) is 12.1 Å². The summed E-state index contributed by atoms with van der Waals surface area (Å²) in [5.74, 6) is 0.925. The van der Waals surface area contributed by atoms with Crippen LogP contribution in [0.4, 0.5) is 23.1 Å². The summed E-state index contributed by atoms with van der Waals surface area (Å²) in [6.07, 6.45) is 1.55. The molecule has 0 fully saturated rings. The highest BCUT2D eigenvalue weighted by Crippen LogP contribution is 2.24. The molecule has 4 aromatic rings. The summed E-state index contributed by atoms with van der Waals surface area (Å²) in [7, 11) is 0. The second-order valence-corrected chi connectivity index (χ2v) is 5.63. The third kappa shape index (κ3) is 3.36. The summed E-state index contributed by atoms with van der Waals surface area (Å²) < 4.78 is 0. The van der Waals surface area contributed by atoms with Crippen LogP contribution in [0.25, 0.3) is 11.2 Å². The number of benzene rings is 2. The topological polar surface area (TPSA) is 126 Å². The molecule has 0 atom stereocenters. The van der Waals surface area contributed by atoms with Crippen molar-refractivity contribution in [2.24, 2.45) is 0 Å². The lowest BCUT2D eigenvalue weighted by Crippen LogP contribution is -2.02. The van der Waals surface area contributed by atoms with Crippen LogP contribution < -0.4 is 10.6 Å². The van der Waals surface area contributed by atoms with Gasteiger partial charge in [-0.3, -0.25) is 0 Å². The molecule has 0 saturated carbocycles. The number of anilines is 4. The first-order valence-corrected chi connectivity index (χ1v) is 8.00. The molecule has 8 nitrogen and oxygen atoms in total. The zero-order chi connectivity index (χ0) is 18.6. The molecule has 2 aromatic carbocycles. The van der Waals surface area contributed by atoms with Crippen LogP contribution in [0.15, 0.2) is 54.9 Å². The number of fused-ring (bicyclic) bond motifs is 1. The number of imidazole rings is 1. The maximum Gasteiger partial charge on any atom is 0.231 e. The fraction of sp³-hybridized carbons (Fsp3) is 0. The van der Waals surface area contributed by atoms with E-state index in [2.05, 4.69) is 42.7 Å². The molecule has 27 heavy (non-hydrogen) atoms. The van der Waals surface area contributed by atoms with E-state index >= 15 is 0 Å². The van der Waals surface area contributed by atoms with Crippen molar-refractivity contribution in [2.75, 3.05) is 10.6 Å². The Kier molecular flexibility index (Phi) is 4.06. The van der Waals surface area contributed by atoms with Gasteiger partial charge in [0.15, 0.2) is 11.5 Å². The molecule has 2 aromatic heterocycles. The van der Waals surface area contributed by atoms with E-state index in [4.69, 9.17) is 10.5 Å². The maximum absolute atomic E-state index is 8.91. The molecule has 8 heteroatoms. The fourth-order valence-corrected chi connectivity index (χ4v) is 2.50. The maximum atomic E-state index is 8.91. The molecular weight excluding hydrogens is 340 g/mol. The lowest BCUT2D eigenvalue weighted by Gasteiger charge is -2.10. The molecule has 3 N–H and O–H groups in total. The van der Waals surface area contributed by atoms with Crippen LogP contribution in [0.3, 0.4) is 0 Å². The average Bonchev–Trinajstić information content (AvgIpc) is 3.18. The van der Waals surface area contributed by atoms with Crippen LogP contribution in [0, 0.1) is 22.7 Å².